The Balaban J connectivity index is 4.17. The van der Waals surface area contributed by atoms with Gasteiger partial charge in [-0.2, -0.15) is 0 Å². The molecule has 0 heterocycles. The van der Waals surface area contributed by atoms with Crippen LogP contribution in [0.2, 0.25) is 0 Å². The number of rotatable bonds is 7. The van der Waals surface area contributed by atoms with Gasteiger partial charge in [-0.15, -0.1) is 0 Å². The second-order valence-electron chi connectivity index (χ2n) is 3.81. The first-order valence-electron chi connectivity index (χ1n) is 5.18. The summed E-state index contributed by atoms with van der Waals surface area (Å²) in [5.41, 5.74) is 5.38. The van der Waals surface area contributed by atoms with Crippen molar-refractivity contribution >= 4 is 32.3 Å². The smallest absolute Gasteiger partial charge is 0.281 e. The van der Waals surface area contributed by atoms with E-state index in [0.29, 0.717) is 13.0 Å². The van der Waals surface area contributed by atoms with Crippen molar-refractivity contribution in [1.29, 1.82) is 0 Å². The normalized spacial score (nSPS) is 12.6. The van der Waals surface area contributed by atoms with Gasteiger partial charge in [-0.3, -0.25) is 9.59 Å². The Bertz CT molecular complexity index is 219. The SMILES string of the molecule is CC(C)C(=O)C(CCCCN)NC(=O)I. The van der Waals surface area contributed by atoms with E-state index in [1.807, 2.05) is 13.8 Å². The van der Waals surface area contributed by atoms with Gasteiger partial charge in [-0.1, -0.05) is 13.8 Å². The predicted molar refractivity (Wildman–Crippen MR) is 69.1 cm³/mol. The molecular weight excluding hydrogens is 307 g/mol. The van der Waals surface area contributed by atoms with Crippen LogP contribution < -0.4 is 11.1 Å². The Morgan fingerprint density at radius 3 is 2.33 bits per heavy atom. The fourth-order valence-corrected chi connectivity index (χ4v) is 1.69. The van der Waals surface area contributed by atoms with E-state index in [9.17, 15) is 9.59 Å². The highest BCUT2D eigenvalue weighted by Crippen LogP contribution is 2.08. The first-order chi connectivity index (χ1) is 6.99. The molecule has 0 aromatic heterocycles. The van der Waals surface area contributed by atoms with E-state index in [1.165, 1.54) is 0 Å². The molecule has 88 valence electrons. The summed E-state index contributed by atoms with van der Waals surface area (Å²) in [6.07, 6.45) is 2.44. The zero-order valence-corrected chi connectivity index (χ0v) is 11.4. The molecule has 3 N–H and O–H groups in total. The van der Waals surface area contributed by atoms with E-state index >= 15 is 0 Å². The fourth-order valence-electron chi connectivity index (χ4n) is 1.32. The quantitative estimate of drug-likeness (QED) is 0.325. The van der Waals surface area contributed by atoms with Gasteiger partial charge in [0.1, 0.15) is 0 Å². The highest BCUT2D eigenvalue weighted by atomic mass is 127. The molecule has 0 aromatic carbocycles. The van der Waals surface area contributed by atoms with Crippen molar-refractivity contribution in [2.24, 2.45) is 11.7 Å². The van der Waals surface area contributed by atoms with Gasteiger partial charge in [-0.25, -0.2) is 0 Å². The topological polar surface area (TPSA) is 72.2 Å². The molecule has 0 aliphatic carbocycles. The first-order valence-corrected chi connectivity index (χ1v) is 6.26. The van der Waals surface area contributed by atoms with Gasteiger partial charge in [-0.05, 0) is 25.8 Å². The number of nitrogens with one attached hydrogen (secondary N) is 1. The van der Waals surface area contributed by atoms with Crippen molar-refractivity contribution in [2.45, 2.75) is 39.2 Å². The third kappa shape index (κ3) is 6.83. The minimum absolute atomic E-state index is 0.0453. The van der Waals surface area contributed by atoms with Gasteiger partial charge in [0.2, 0.25) is 0 Å². The molecule has 4 nitrogen and oxygen atoms in total. The summed E-state index contributed by atoms with van der Waals surface area (Å²) in [7, 11) is 0. The Morgan fingerprint density at radius 2 is 1.93 bits per heavy atom. The maximum absolute atomic E-state index is 11.7. The van der Waals surface area contributed by atoms with Crippen molar-refractivity contribution in [2.75, 3.05) is 6.54 Å². The largest absolute Gasteiger partial charge is 0.338 e. The van der Waals surface area contributed by atoms with E-state index in [1.54, 1.807) is 22.6 Å². The Labute approximate surface area is 104 Å². The zero-order valence-electron chi connectivity index (χ0n) is 9.25. The van der Waals surface area contributed by atoms with Gasteiger partial charge in [0.15, 0.2) is 5.78 Å². The van der Waals surface area contributed by atoms with Crippen LogP contribution in [-0.2, 0) is 4.79 Å². The molecule has 0 saturated heterocycles. The lowest BCUT2D eigenvalue weighted by atomic mass is 9.97. The van der Waals surface area contributed by atoms with Gasteiger partial charge in [0.25, 0.3) is 3.91 Å². The van der Waals surface area contributed by atoms with Crippen molar-refractivity contribution < 1.29 is 9.59 Å². The van der Waals surface area contributed by atoms with E-state index in [2.05, 4.69) is 5.32 Å². The van der Waals surface area contributed by atoms with Crippen LogP contribution in [0.4, 0.5) is 4.79 Å². The minimum Gasteiger partial charge on any atom is -0.338 e. The highest BCUT2D eigenvalue weighted by Gasteiger charge is 2.21. The molecule has 0 rings (SSSR count). The lowest BCUT2D eigenvalue weighted by molar-refractivity contribution is -0.123. The van der Waals surface area contributed by atoms with E-state index in [0.717, 1.165) is 12.8 Å². The van der Waals surface area contributed by atoms with Gasteiger partial charge < -0.3 is 11.1 Å². The number of hydrogen-bond donors (Lipinski definition) is 2. The third-order valence-corrected chi connectivity index (χ3v) is 2.46. The number of carbonyl (C=O) groups is 2. The van der Waals surface area contributed by atoms with Gasteiger partial charge in [0.05, 0.1) is 6.04 Å². The van der Waals surface area contributed by atoms with E-state index in [4.69, 9.17) is 5.73 Å². The Kier molecular flexibility index (Phi) is 7.95. The monoisotopic (exact) mass is 326 g/mol. The van der Waals surface area contributed by atoms with Crippen LogP contribution in [-0.4, -0.2) is 22.3 Å². The summed E-state index contributed by atoms with van der Waals surface area (Å²) >= 11 is 1.65. The van der Waals surface area contributed by atoms with Crippen LogP contribution >= 0.6 is 22.6 Å². The molecule has 0 spiro atoms. The van der Waals surface area contributed by atoms with Crippen molar-refractivity contribution in [3.05, 3.63) is 0 Å². The Hall–Kier alpha value is -0.170. The highest BCUT2D eigenvalue weighted by molar-refractivity contribution is 14.1. The molecule has 0 fully saturated rings. The maximum atomic E-state index is 11.7. The van der Waals surface area contributed by atoms with Crippen LogP contribution in [0.1, 0.15) is 33.1 Å². The van der Waals surface area contributed by atoms with Crippen LogP contribution in [0.5, 0.6) is 0 Å². The molecule has 0 aliphatic heterocycles. The van der Waals surface area contributed by atoms with Crippen LogP contribution in [0, 0.1) is 5.92 Å². The second-order valence-corrected chi connectivity index (χ2v) is 4.79. The van der Waals surface area contributed by atoms with Gasteiger partial charge in [0, 0.05) is 28.5 Å². The van der Waals surface area contributed by atoms with Crippen molar-refractivity contribution in [3.63, 3.8) is 0 Å². The fraction of sp³-hybridized carbons (Fsp3) is 0.800. The lowest BCUT2D eigenvalue weighted by Crippen LogP contribution is -2.40. The number of unbranched alkanes of at least 4 members (excludes halogenated alkanes) is 1. The molecule has 1 unspecified atom stereocenters. The number of ketones is 1. The molecule has 0 bridgehead atoms. The van der Waals surface area contributed by atoms with Crippen molar-refractivity contribution in [1.82, 2.24) is 5.32 Å². The Morgan fingerprint density at radius 1 is 1.33 bits per heavy atom. The van der Waals surface area contributed by atoms with Gasteiger partial charge >= 0.3 is 0 Å². The number of Topliss-reactive ketones (excluding diaryl/α,β-unsaturated/α-hetero) is 1. The van der Waals surface area contributed by atoms with Crippen LogP contribution in [0.15, 0.2) is 0 Å². The van der Waals surface area contributed by atoms with Crippen molar-refractivity contribution in [3.8, 4) is 0 Å². The second kappa shape index (κ2) is 8.04. The summed E-state index contributed by atoms with van der Waals surface area (Å²) in [6.45, 7) is 4.32. The maximum Gasteiger partial charge on any atom is 0.281 e. The lowest BCUT2D eigenvalue weighted by Gasteiger charge is -2.17. The first kappa shape index (κ1) is 14.8. The molecule has 1 atom stereocenters. The predicted octanol–water partition coefficient (Wildman–Crippen LogP) is 1.85. The van der Waals surface area contributed by atoms with Crippen LogP contribution in [0.25, 0.3) is 0 Å². The number of carbonyl (C=O) groups excluding carboxylic acids is 2. The molecule has 0 radical (unpaired) electrons. The summed E-state index contributed by atoms with van der Waals surface area (Å²) in [5.74, 6) is 0.0492. The average Bonchev–Trinajstić information content (AvgIpc) is 2.14. The third-order valence-electron chi connectivity index (χ3n) is 2.15. The number of hydrogen-bond acceptors (Lipinski definition) is 3. The summed E-state index contributed by atoms with van der Waals surface area (Å²) < 4.78 is -0.181. The number of nitrogens with two attached hydrogens (primary N) is 1. The average molecular weight is 326 g/mol. The zero-order chi connectivity index (χ0) is 11.8. The van der Waals surface area contributed by atoms with Crippen LogP contribution in [0.3, 0.4) is 0 Å². The molecule has 1 amide bonds. The molecular formula is C10H19IN2O2. The summed E-state index contributed by atoms with van der Waals surface area (Å²) in [5, 5.41) is 2.68. The van der Waals surface area contributed by atoms with E-state index < -0.39 is 0 Å². The summed E-state index contributed by atoms with van der Waals surface area (Å²) in [6, 6.07) is -0.346. The standard InChI is InChI=1S/C10H19IN2O2/c1-7(2)9(14)8(13-10(11)15)5-3-4-6-12/h7-8H,3-6,12H2,1-2H3,(H,13,15). The number of amides is 1. The summed E-state index contributed by atoms with van der Waals surface area (Å²) in [4.78, 5) is 22.6. The molecule has 0 aromatic rings. The number of halogens is 1. The van der Waals surface area contributed by atoms with E-state index in [-0.39, 0.29) is 21.7 Å². The molecule has 0 saturated carbocycles. The minimum atomic E-state index is -0.346. The molecule has 15 heavy (non-hydrogen) atoms. The molecule has 5 heteroatoms. The molecule has 0 aliphatic rings.